The summed E-state index contributed by atoms with van der Waals surface area (Å²) in [5, 5.41) is 8.92. The highest BCUT2D eigenvalue weighted by Crippen LogP contribution is 2.36. The molecule has 4 rings (SSSR count). The van der Waals surface area contributed by atoms with Gasteiger partial charge < -0.3 is 9.80 Å². The molecule has 1 aromatic rings. The van der Waals surface area contributed by atoms with E-state index in [1.165, 1.54) is 25.7 Å². The summed E-state index contributed by atoms with van der Waals surface area (Å²) in [6, 6.07) is 6.37. The summed E-state index contributed by atoms with van der Waals surface area (Å²) in [5.41, 5.74) is 0.608. The van der Waals surface area contributed by atoms with Gasteiger partial charge in [0.2, 0.25) is 5.91 Å². The first-order valence-corrected chi connectivity index (χ1v) is 10.2. The average Bonchev–Trinajstić information content (AvgIpc) is 3.54. The van der Waals surface area contributed by atoms with Gasteiger partial charge in [0.05, 0.1) is 5.56 Å². The monoisotopic (exact) mass is 352 g/mol. The maximum atomic E-state index is 12.8. The van der Waals surface area contributed by atoms with Crippen LogP contribution in [0.15, 0.2) is 18.3 Å². The van der Waals surface area contributed by atoms with Gasteiger partial charge in [0, 0.05) is 37.8 Å². The standard InChI is InChI=1S/C21H28N4O/c22-14-16-5-8-20(23-15-16)24-12-9-17(10-13-24)19-4-2-1-3-11-25(19)21(26)18-6-7-18/h5,8,15,17-19H,1-4,6-7,9-13H2. The SMILES string of the molecule is N#Cc1ccc(N2CCC(C3CCCCCN3C(=O)C3CC3)CC2)nc1. The normalized spacial score (nSPS) is 24.8. The van der Waals surface area contributed by atoms with Crippen LogP contribution in [0.4, 0.5) is 5.82 Å². The summed E-state index contributed by atoms with van der Waals surface area (Å²) < 4.78 is 0. The molecule has 3 heterocycles. The number of hydrogen-bond acceptors (Lipinski definition) is 4. The number of piperidine rings is 1. The Kier molecular flexibility index (Phi) is 5.10. The molecule has 1 atom stereocenters. The number of aromatic nitrogens is 1. The van der Waals surface area contributed by atoms with Crippen LogP contribution < -0.4 is 4.90 Å². The Bertz CT molecular complexity index is 668. The Morgan fingerprint density at radius 1 is 1.04 bits per heavy atom. The van der Waals surface area contributed by atoms with Crippen LogP contribution in [-0.4, -0.2) is 41.5 Å². The second-order valence-corrected chi connectivity index (χ2v) is 8.06. The molecule has 0 radical (unpaired) electrons. The maximum absolute atomic E-state index is 12.8. The fourth-order valence-corrected chi connectivity index (χ4v) is 4.62. The van der Waals surface area contributed by atoms with Gasteiger partial charge in [-0.1, -0.05) is 12.8 Å². The summed E-state index contributed by atoms with van der Waals surface area (Å²) in [5.74, 6) is 2.35. The number of nitrogens with zero attached hydrogens (tertiary/aromatic N) is 4. The van der Waals surface area contributed by atoms with Crippen LogP contribution in [0.2, 0.25) is 0 Å². The molecule has 1 aromatic heterocycles. The molecule has 5 nitrogen and oxygen atoms in total. The van der Waals surface area contributed by atoms with Crippen molar-refractivity contribution in [3.8, 4) is 6.07 Å². The molecule has 1 amide bonds. The fraction of sp³-hybridized carbons (Fsp3) is 0.667. The summed E-state index contributed by atoms with van der Waals surface area (Å²) >= 11 is 0. The number of pyridine rings is 1. The van der Waals surface area contributed by atoms with E-state index in [0.29, 0.717) is 29.3 Å². The van der Waals surface area contributed by atoms with E-state index in [1.54, 1.807) is 6.20 Å². The smallest absolute Gasteiger partial charge is 0.225 e. The van der Waals surface area contributed by atoms with Crippen LogP contribution in [0.5, 0.6) is 0 Å². The van der Waals surface area contributed by atoms with Gasteiger partial charge in [0.15, 0.2) is 0 Å². The Labute approximate surface area is 156 Å². The number of hydrogen-bond donors (Lipinski definition) is 0. The minimum atomic E-state index is 0.332. The minimum Gasteiger partial charge on any atom is -0.357 e. The van der Waals surface area contributed by atoms with Gasteiger partial charge >= 0.3 is 0 Å². The molecule has 0 N–H and O–H groups in total. The molecule has 0 spiro atoms. The van der Waals surface area contributed by atoms with Crippen LogP contribution in [-0.2, 0) is 4.79 Å². The first-order valence-electron chi connectivity index (χ1n) is 10.2. The van der Waals surface area contributed by atoms with Gasteiger partial charge in [0.25, 0.3) is 0 Å². The summed E-state index contributed by atoms with van der Waals surface area (Å²) in [6.45, 7) is 2.95. The van der Waals surface area contributed by atoms with Crippen molar-refractivity contribution < 1.29 is 4.79 Å². The first kappa shape index (κ1) is 17.3. The second kappa shape index (κ2) is 7.65. The van der Waals surface area contributed by atoms with E-state index >= 15 is 0 Å². The van der Waals surface area contributed by atoms with E-state index in [1.807, 2.05) is 12.1 Å². The van der Waals surface area contributed by atoms with Crippen molar-refractivity contribution in [1.29, 1.82) is 5.26 Å². The fourth-order valence-electron chi connectivity index (χ4n) is 4.62. The molecule has 138 valence electrons. The van der Waals surface area contributed by atoms with Crippen molar-refractivity contribution in [3.05, 3.63) is 23.9 Å². The van der Waals surface area contributed by atoms with Crippen molar-refractivity contribution in [2.24, 2.45) is 11.8 Å². The summed E-state index contributed by atoms with van der Waals surface area (Å²) in [4.78, 5) is 21.8. The lowest BCUT2D eigenvalue weighted by atomic mass is 9.86. The Morgan fingerprint density at radius 3 is 2.50 bits per heavy atom. The average molecular weight is 352 g/mol. The lowest BCUT2D eigenvalue weighted by molar-refractivity contribution is -0.136. The molecule has 26 heavy (non-hydrogen) atoms. The molecule has 5 heteroatoms. The van der Waals surface area contributed by atoms with Crippen LogP contribution in [0.25, 0.3) is 0 Å². The zero-order valence-corrected chi connectivity index (χ0v) is 15.4. The summed E-state index contributed by atoms with van der Waals surface area (Å²) in [7, 11) is 0. The van der Waals surface area contributed by atoms with E-state index in [-0.39, 0.29) is 0 Å². The largest absolute Gasteiger partial charge is 0.357 e. The number of anilines is 1. The van der Waals surface area contributed by atoms with Crippen LogP contribution in [0.3, 0.4) is 0 Å². The van der Waals surface area contributed by atoms with E-state index in [9.17, 15) is 4.79 Å². The van der Waals surface area contributed by atoms with E-state index < -0.39 is 0 Å². The second-order valence-electron chi connectivity index (χ2n) is 8.06. The number of rotatable bonds is 3. The molecule has 0 aromatic carbocycles. The Hall–Kier alpha value is -2.09. The van der Waals surface area contributed by atoms with E-state index in [0.717, 1.165) is 51.1 Å². The minimum absolute atomic E-state index is 0.332. The number of carbonyl (C=O) groups excluding carboxylic acids is 1. The number of nitriles is 1. The van der Waals surface area contributed by atoms with Gasteiger partial charge in [-0.2, -0.15) is 5.26 Å². The third kappa shape index (κ3) is 3.70. The van der Waals surface area contributed by atoms with Crippen LogP contribution in [0, 0.1) is 23.2 Å². The zero-order valence-electron chi connectivity index (χ0n) is 15.4. The highest BCUT2D eigenvalue weighted by Gasteiger charge is 2.39. The van der Waals surface area contributed by atoms with Crippen molar-refractivity contribution >= 4 is 11.7 Å². The lowest BCUT2D eigenvalue weighted by Gasteiger charge is -2.41. The van der Waals surface area contributed by atoms with Crippen molar-refractivity contribution in [2.75, 3.05) is 24.5 Å². The topological polar surface area (TPSA) is 60.2 Å². The van der Waals surface area contributed by atoms with E-state index in [4.69, 9.17) is 5.26 Å². The van der Waals surface area contributed by atoms with Gasteiger partial charge in [0.1, 0.15) is 11.9 Å². The molecular formula is C21H28N4O. The molecule has 1 saturated carbocycles. The van der Waals surface area contributed by atoms with Gasteiger partial charge in [-0.05, 0) is 56.6 Å². The highest BCUT2D eigenvalue weighted by atomic mass is 16.2. The molecule has 1 aliphatic carbocycles. The number of amides is 1. The first-order chi connectivity index (χ1) is 12.8. The Morgan fingerprint density at radius 2 is 1.85 bits per heavy atom. The molecule has 3 aliphatic rings. The highest BCUT2D eigenvalue weighted by molar-refractivity contribution is 5.81. The van der Waals surface area contributed by atoms with Crippen LogP contribution >= 0.6 is 0 Å². The van der Waals surface area contributed by atoms with E-state index in [2.05, 4.69) is 20.9 Å². The van der Waals surface area contributed by atoms with Crippen molar-refractivity contribution in [3.63, 3.8) is 0 Å². The molecule has 2 saturated heterocycles. The van der Waals surface area contributed by atoms with Crippen LogP contribution in [0.1, 0.15) is 56.9 Å². The summed E-state index contributed by atoms with van der Waals surface area (Å²) in [6.07, 6.45) is 11.0. The predicted molar refractivity (Wildman–Crippen MR) is 101 cm³/mol. The quantitative estimate of drug-likeness (QED) is 0.837. The molecule has 3 fully saturated rings. The predicted octanol–water partition coefficient (Wildman–Crippen LogP) is 3.35. The van der Waals surface area contributed by atoms with Crippen molar-refractivity contribution in [2.45, 2.75) is 57.4 Å². The van der Waals surface area contributed by atoms with Gasteiger partial charge in [-0.15, -0.1) is 0 Å². The Balaban J connectivity index is 1.40. The lowest BCUT2D eigenvalue weighted by Crippen LogP contribution is -2.48. The third-order valence-corrected chi connectivity index (χ3v) is 6.29. The third-order valence-electron chi connectivity index (χ3n) is 6.29. The van der Waals surface area contributed by atoms with Crippen molar-refractivity contribution in [1.82, 2.24) is 9.88 Å². The number of likely N-dealkylation sites (tertiary alicyclic amines) is 1. The molecule has 0 bridgehead atoms. The maximum Gasteiger partial charge on any atom is 0.225 e. The molecule has 1 unspecified atom stereocenters. The number of carbonyl (C=O) groups is 1. The van der Waals surface area contributed by atoms with Gasteiger partial charge in [-0.25, -0.2) is 4.98 Å². The zero-order chi connectivity index (χ0) is 17.9. The van der Waals surface area contributed by atoms with Gasteiger partial charge in [-0.3, -0.25) is 4.79 Å². The molecular weight excluding hydrogens is 324 g/mol. The molecule has 2 aliphatic heterocycles.